The summed E-state index contributed by atoms with van der Waals surface area (Å²) in [5, 5.41) is 5.28. The van der Waals surface area contributed by atoms with Crippen LogP contribution in [-0.4, -0.2) is 13.6 Å². The van der Waals surface area contributed by atoms with E-state index in [1.807, 2.05) is 20.0 Å². The molecule has 0 radical (unpaired) electrons. The minimum Gasteiger partial charge on any atom is -0.367 e. The van der Waals surface area contributed by atoms with Gasteiger partial charge in [0.05, 0.1) is 6.04 Å². The molecule has 0 fully saturated rings. The van der Waals surface area contributed by atoms with Crippen LogP contribution in [0, 0.1) is 5.82 Å². The SMILES string of the molecule is CCNCc1c(F)cccc1N(C)C(C)c1cccs1. The van der Waals surface area contributed by atoms with Crippen LogP contribution < -0.4 is 10.2 Å². The third-order valence-electron chi connectivity index (χ3n) is 3.56. The predicted octanol–water partition coefficient (Wildman–Crippen LogP) is 4.19. The molecule has 2 rings (SSSR count). The number of benzene rings is 1. The summed E-state index contributed by atoms with van der Waals surface area (Å²) in [6.07, 6.45) is 0. The van der Waals surface area contributed by atoms with Crippen molar-refractivity contribution in [1.29, 1.82) is 0 Å². The van der Waals surface area contributed by atoms with Crippen molar-refractivity contribution < 1.29 is 4.39 Å². The van der Waals surface area contributed by atoms with E-state index in [4.69, 9.17) is 0 Å². The smallest absolute Gasteiger partial charge is 0.129 e. The maximum Gasteiger partial charge on any atom is 0.129 e. The fourth-order valence-electron chi connectivity index (χ4n) is 2.23. The monoisotopic (exact) mass is 292 g/mol. The first-order valence-electron chi connectivity index (χ1n) is 6.89. The van der Waals surface area contributed by atoms with Gasteiger partial charge in [0.2, 0.25) is 0 Å². The van der Waals surface area contributed by atoms with Crippen molar-refractivity contribution in [3.8, 4) is 0 Å². The molecule has 4 heteroatoms. The number of hydrogen-bond donors (Lipinski definition) is 1. The fraction of sp³-hybridized carbons (Fsp3) is 0.375. The molecule has 0 saturated heterocycles. The van der Waals surface area contributed by atoms with Crippen LogP contribution in [0.1, 0.15) is 30.3 Å². The van der Waals surface area contributed by atoms with Crippen LogP contribution in [0.5, 0.6) is 0 Å². The number of nitrogens with zero attached hydrogens (tertiary/aromatic N) is 1. The van der Waals surface area contributed by atoms with Crippen molar-refractivity contribution in [2.75, 3.05) is 18.5 Å². The number of anilines is 1. The molecule has 1 aromatic heterocycles. The third-order valence-corrected chi connectivity index (χ3v) is 4.60. The van der Waals surface area contributed by atoms with Crippen molar-refractivity contribution >= 4 is 17.0 Å². The van der Waals surface area contributed by atoms with Crippen molar-refractivity contribution in [3.05, 3.63) is 52.0 Å². The Morgan fingerprint density at radius 2 is 2.10 bits per heavy atom. The second-order valence-electron chi connectivity index (χ2n) is 4.82. The van der Waals surface area contributed by atoms with E-state index in [0.717, 1.165) is 17.8 Å². The Hall–Kier alpha value is -1.39. The van der Waals surface area contributed by atoms with Crippen LogP contribution in [0.15, 0.2) is 35.7 Å². The predicted molar refractivity (Wildman–Crippen MR) is 84.9 cm³/mol. The molecule has 108 valence electrons. The normalized spacial score (nSPS) is 12.4. The van der Waals surface area contributed by atoms with E-state index in [9.17, 15) is 4.39 Å². The summed E-state index contributed by atoms with van der Waals surface area (Å²) in [5.41, 5.74) is 1.69. The van der Waals surface area contributed by atoms with Gasteiger partial charge in [-0.15, -0.1) is 11.3 Å². The lowest BCUT2D eigenvalue weighted by molar-refractivity contribution is 0.590. The lowest BCUT2D eigenvalue weighted by Crippen LogP contribution is -2.24. The zero-order valence-electron chi connectivity index (χ0n) is 12.2. The molecule has 0 saturated carbocycles. The first kappa shape index (κ1) is 15.0. The molecule has 1 atom stereocenters. The number of thiophene rings is 1. The topological polar surface area (TPSA) is 15.3 Å². The fourth-order valence-corrected chi connectivity index (χ4v) is 3.06. The highest BCUT2D eigenvalue weighted by atomic mass is 32.1. The standard InChI is InChI=1S/C16H21FN2S/c1-4-18-11-13-14(17)7-5-8-15(13)19(3)12(2)16-9-6-10-20-16/h5-10,12,18H,4,11H2,1-3H3. The lowest BCUT2D eigenvalue weighted by atomic mass is 10.1. The molecule has 0 aliphatic carbocycles. The average molecular weight is 292 g/mol. The molecule has 0 amide bonds. The molecule has 0 aliphatic rings. The van der Waals surface area contributed by atoms with Crippen LogP contribution >= 0.6 is 11.3 Å². The molecular formula is C16H21FN2S. The maximum absolute atomic E-state index is 14.1. The van der Waals surface area contributed by atoms with E-state index in [1.54, 1.807) is 17.4 Å². The van der Waals surface area contributed by atoms with Crippen LogP contribution in [0.25, 0.3) is 0 Å². The average Bonchev–Trinajstić information content (AvgIpc) is 2.98. The van der Waals surface area contributed by atoms with E-state index in [2.05, 4.69) is 34.7 Å². The first-order chi connectivity index (χ1) is 9.65. The zero-order chi connectivity index (χ0) is 14.5. The quantitative estimate of drug-likeness (QED) is 0.858. The summed E-state index contributed by atoms with van der Waals surface area (Å²) < 4.78 is 14.1. The maximum atomic E-state index is 14.1. The second-order valence-corrected chi connectivity index (χ2v) is 5.80. The molecule has 2 aromatic rings. The molecule has 1 N–H and O–H groups in total. The summed E-state index contributed by atoms with van der Waals surface area (Å²) in [4.78, 5) is 3.42. The van der Waals surface area contributed by atoms with Gasteiger partial charge < -0.3 is 10.2 Å². The zero-order valence-corrected chi connectivity index (χ0v) is 13.0. The van der Waals surface area contributed by atoms with Gasteiger partial charge in [0.15, 0.2) is 0 Å². The second kappa shape index (κ2) is 6.86. The molecule has 1 unspecified atom stereocenters. The van der Waals surface area contributed by atoms with Gasteiger partial charge in [-0.3, -0.25) is 0 Å². The summed E-state index contributed by atoms with van der Waals surface area (Å²) in [7, 11) is 2.02. The summed E-state index contributed by atoms with van der Waals surface area (Å²) in [6, 6.07) is 9.69. The highest BCUT2D eigenvalue weighted by Gasteiger charge is 2.17. The van der Waals surface area contributed by atoms with Crippen molar-refractivity contribution in [3.63, 3.8) is 0 Å². The van der Waals surface area contributed by atoms with Gasteiger partial charge in [-0.1, -0.05) is 19.1 Å². The Morgan fingerprint density at radius 3 is 2.75 bits per heavy atom. The molecule has 1 heterocycles. The van der Waals surface area contributed by atoms with E-state index >= 15 is 0 Å². The van der Waals surface area contributed by atoms with Gasteiger partial charge >= 0.3 is 0 Å². The van der Waals surface area contributed by atoms with Crippen LogP contribution in [0.3, 0.4) is 0 Å². The van der Waals surface area contributed by atoms with Crippen molar-refractivity contribution in [1.82, 2.24) is 5.32 Å². The summed E-state index contributed by atoms with van der Waals surface area (Å²) in [6.45, 7) is 5.56. The number of rotatable bonds is 6. The molecule has 2 nitrogen and oxygen atoms in total. The molecule has 0 bridgehead atoms. The number of hydrogen-bond acceptors (Lipinski definition) is 3. The van der Waals surface area contributed by atoms with Crippen LogP contribution in [0.4, 0.5) is 10.1 Å². The van der Waals surface area contributed by atoms with E-state index in [1.165, 1.54) is 10.9 Å². The Kier molecular flexibility index (Phi) is 5.15. The van der Waals surface area contributed by atoms with Gasteiger partial charge in [-0.05, 0) is 37.0 Å². The Labute approximate surface area is 124 Å². The largest absolute Gasteiger partial charge is 0.367 e. The van der Waals surface area contributed by atoms with Gasteiger partial charge in [0, 0.05) is 29.7 Å². The van der Waals surface area contributed by atoms with E-state index < -0.39 is 0 Å². The Bertz CT molecular complexity index is 539. The first-order valence-corrected chi connectivity index (χ1v) is 7.77. The third kappa shape index (κ3) is 3.19. The van der Waals surface area contributed by atoms with E-state index in [0.29, 0.717) is 6.54 Å². The number of halogens is 1. The Morgan fingerprint density at radius 1 is 1.30 bits per heavy atom. The van der Waals surface area contributed by atoms with Gasteiger partial charge in [-0.2, -0.15) is 0 Å². The highest BCUT2D eigenvalue weighted by Crippen LogP contribution is 2.31. The highest BCUT2D eigenvalue weighted by molar-refractivity contribution is 7.10. The molecule has 0 aliphatic heterocycles. The Balaban J connectivity index is 2.29. The van der Waals surface area contributed by atoms with Crippen molar-refractivity contribution in [2.24, 2.45) is 0 Å². The molecular weight excluding hydrogens is 271 g/mol. The minimum absolute atomic E-state index is 0.145. The van der Waals surface area contributed by atoms with Gasteiger partial charge in [0.1, 0.15) is 5.82 Å². The van der Waals surface area contributed by atoms with Gasteiger partial charge in [-0.25, -0.2) is 4.39 Å². The van der Waals surface area contributed by atoms with E-state index in [-0.39, 0.29) is 11.9 Å². The molecule has 1 aromatic carbocycles. The summed E-state index contributed by atoms with van der Waals surface area (Å²) in [5.74, 6) is -0.145. The minimum atomic E-state index is -0.145. The molecule has 20 heavy (non-hydrogen) atoms. The lowest BCUT2D eigenvalue weighted by Gasteiger charge is -2.28. The molecule has 0 spiro atoms. The number of nitrogens with one attached hydrogen (secondary N) is 1. The summed E-state index contributed by atoms with van der Waals surface area (Å²) >= 11 is 1.73. The van der Waals surface area contributed by atoms with Crippen molar-refractivity contribution in [2.45, 2.75) is 26.4 Å². The van der Waals surface area contributed by atoms with Gasteiger partial charge in [0.25, 0.3) is 0 Å². The van der Waals surface area contributed by atoms with Crippen LogP contribution in [0.2, 0.25) is 0 Å². The van der Waals surface area contributed by atoms with Crippen LogP contribution in [-0.2, 0) is 6.54 Å².